The molecule has 7 heteroatoms. The van der Waals surface area contributed by atoms with E-state index in [1.54, 1.807) is 0 Å². The number of nitrogens with one attached hydrogen (secondary N) is 1. The first-order valence-corrected chi connectivity index (χ1v) is 5.98. The number of hydrogen-bond donors (Lipinski definition) is 2. The Balaban J connectivity index is 2.10. The maximum Gasteiger partial charge on any atom is 0.337 e. The molecular weight excluding hydrogens is 270 g/mol. The van der Waals surface area contributed by atoms with Crippen molar-refractivity contribution >= 4 is 17.6 Å². The zero-order valence-corrected chi connectivity index (χ0v) is 10.8. The van der Waals surface area contributed by atoms with Crippen molar-refractivity contribution in [2.75, 3.05) is 12.8 Å². The van der Waals surface area contributed by atoms with Gasteiger partial charge < -0.3 is 15.8 Å². The van der Waals surface area contributed by atoms with E-state index in [4.69, 9.17) is 5.73 Å². The van der Waals surface area contributed by atoms with Crippen molar-refractivity contribution < 1.29 is 23.1 Å². The van der Waals surface area contributed by atoms with Crippen molar-refractivity contribution in [1.29, 1.82) is 0 Å². The summed E-state index contributed by atoms with van der Waals surface area (Å²) >= 11 is 0. The third-order valence-electron chi connectivity index (χ3n) is 3.06. The Bertz CT molecular complexity index is 553. The van der Waals surface area contributed by atoms with Crippen LogP contribution in [0.15, 0.2) is 18.2 Å². The molecule has 1 saturated carbocycles. The average Bonchev–Trinajstić information content (AvgIpc) is 2.34. The monoisotopic (exact) mass is 284 g/mol. The summed E-state index contributed by atoms with van der Waals surface area (Å²) in [6, 6.07) is 3.51. The standard InChI is InChI=1S/C13H14F2N2O3/c1-20-12(19)8-2-7(3-9(16)4-8)11(18)17-10-5-13(14,15)6-10/h2-4,10H,5-6,16H2,1H3,(H,17,18). The van der Waals surface area contributed by atoms with E-state index in [-0.39, 0.29) is 29.7 Å². The summed E-state index contributed by atoms with van der Waals surface area (Å²) < 4.78 is 29.9. The van der Waals surface area contributed by atoms with Crippen molar-refractivity contribution in [3.63, 3.8) is 0 Å². The molecule has 0 aliphatic heterocycles. The molecule has 5 nitrogen and oxygen atoms in total. The molecular formula is C13H14F2N2O3. The lowest BCUT2D eigenvalue weighted by atomic mass is 9.88. The Kier molecular flexibility index (Phi) is 3.61. The normalized spacial score (nSPS) is 17.1. The van der Waals surface area contributed by atoms with Crippen LogP contribution in [-0.2, 0) is 4.74 Å². The Morgan fingerprint density at radius 1 is 1.30 bits per heavy atom. The number of ether oxygens (including phenoxy) is 1. The van der Waals surface area contributed by atoms with Crippen LogP contribution in [0.2, 0.25) is 0 Å². The zero-order chi connectivity index (χ0) is 14.9. The van der Waals surface area contributed by atoms with Crippen molar-refractivity contribution in [2.45, 2.75) is 24.8 Å². The number of amides is 1. The fourth-order valence-electron chi connectivity index (χ4n) is 2.05. The van der Waals surface area contributed by atoms with Crippen LogP contribution in [0, 0.1) is 0 Å². The number of methoxy groups -OCH3 is 1. The number of esters is 1. The van der Waals surface area contributed by atoms with Gasteiger partial charge in [0.1, 0.15) is 0 Å². The number of alkyl halides is 2. The van der Waals surface area contributed by atoms with Crippen molar-refractivity contribution in [3.8, 4) is 0 Å². The Morgan fingerprint density at radius 2 is 1.90 bits per heavy atom. The first-order chi connectivity index (χ1) is 9.30. The topological polar surface area (TPSA) is 81.4 Å². The third-order valence-corrected chi connectivity index (χ3v) is 3.06. The highest BCUT2D eigenvalue weighted by Gasteiger charge is 2.45. The molecule has 0 spiro atoms. The number of benzene rings is 1. The second kappa shape index (κ2) is 5.07. The molecule has 3 N–H and O–H groups in total. The van der Waals surface area contributed by atoms with Gasteiger partial charge in [0.15, 0.2) is 0 Å². The minimum atomic E-state index is -2.70. The molecule has 1 fully saturated rings. The molecule has 20 heavy (non-hydrogen) atoms. The lowest BCUT2D eigenvalue weighted by Gasteiger charge is -2.35. The molecule has 0 aromatic heterocycles. The number of nitrogens with two attached hydrogens (primary N) is 1. The fourth-order valence-corrected chi connectivity index (χ4v) is 2.05. The number of carbonyl (C=O) groups is 2. The van der Waals surface area contributed by atoms with Crippen LogP contribution in [0.1, 0.15) is 33.6 Å². The van der Waals surface area contributed by atoms with E-state index >= 15 is 0 Å². The lowest BCUT2D eigenvalue weighted by Crippen LogP contribution is -2.50. The van der Waals surface area contributed by atoms with Crippen molar-refractivity contribution in [3.05, 3.63) is 29.3 Å². The van der Waals surface area contributed by atoms with Gasteiger partial charge in [0.2, 0.25) is 0 Å². The van der Waals surface area contributed by atoms with E-state index in [9.17, 15) is 18.4 Å². The van der Waals surface area contributed by atoms with Gasteiger partial charge in [0, 0.05) is 30.1 Å². The number of halogens is 2. The molecule has 0 heterocycles. The van der Waals surface area contributed by atoms with Crippen LogP contribution in [0.4, 0.5) is 14.5 Å². The van der Waals surface area contributed by atoms with E-state index in [0.717, 1.165) is 0 Å². The lowest BCUT2D eigenvalue weighted by molar-refractivity contribution is -0.0901. The van der Waals surface area contributed by atoms with Crippen molar-refractivity contribution in [2.24, 2.45) is 0 Å². The van der Waals surface area contributed by atoms with Gasteiger partial charge in [-0.1, -0.05) is 0 Å². The molecule has 1 aromatic rings. The maximum absolute atomic E-state index is 12.7. The summed E-state index contributed by atoms with van der Waals surface area (Å²) in [4.78, 5) is 23.3. The van der Waals surface area contributed by atoms with E-state index < -0.39 is 23.8 Å². The van der Waals surface area contributed by atoms with Crippen LogP contribution in [0.3, 0.4) is 0 Å². The summed E-state index contributed by atoms with van der Waals surface area (Å²) in [5.41, 5.74) is 6.10. The van der Waals surface area contributed by atoms with Crippen LogP contribution in [0.25, 0.3) is 0 Å². The van der Waals surface area contributed by atoms with Crippen molar-refractivity contribution in [1.82, 2.24) is 5.32 Å². The van der Waals surface area contributed by atoms with Gasteiger partial charge in [-0.15, -0.1) is 0 Å². The highest BCUT2D eigenvalue weighted by Crippen LogP contribution is 2.37. The van der Waals surface area contributed by atoms with E-state index in [1.165, 1.54) is 25.3 Å². The Labute approximate surface area is 114 Å². The molecule has 1 amide bonds. The van der Waals surface area contributed by atoms with Crippen LogP contribution in [0.5, 0.6) is 0 Å². The van der Waals surface area contributed by atoms with Crippen LogP contribution >= 0.6 is 0 Å². The summed E-state index contributed by atoms with van der Waals surface area (Å²) in [5, 5.41) is 2.47. The summed E-state index contributed by atoms with van der Waals surface area (Å²) in [6.45, 7) is 0. The quantitative estimate of drug-likeness (QED) is 0.652. The second-order valence-electron chi connectivity index (χ2n) is 4.77. The smallest absolute Gasteiger partial charge is 0.337 e. The molecule has 1 aliphatic rings. The Morgan fingerprint density at radius 3 is 2.45 bits per heavy atom. The van der Waals surface area contributed by atoms with Gasteiger partial charge in [-0.3, -0.25) is 4.79 Å². The summed E-state index contributed by atoms with van der Waals surface area (Å²) in [6.07, 6.45) is -0.740. The van der Waals surface area contributed by atoms with Gasteiger partial charge in [-0.05, 0) is 18.2 Å². The summed E-state index contributed by atoms with van der Waals surface area (Å²) in [7, 11) is 1.21. The molecule has 2 rings (SSSR count). The van der Waals surface area contributed by atoms with Gasteiger partial charge in [0.05, 0.1) is 12.7 Å². The van der Waals surface area contributed by atoms with Crippen LogP contribution in [-0.4, -0.2) is 31.0 Å². The fraction of sp³-hybridized carbons (Fsp3) is 0.385. The molecule has 1 aromatic carbocycles. The number of hydrogen-bond acceptors (Lipinski definition) is 4. The van der Waals surface area contributed by atoms with E-state index in [1.807, 2.05) is 0 Å². The largest absolute Gasteiger partial charge is 0.465 e. The predicted octanol–water partition coefficient (Wildman–Crippen LogP) is 1.58. The number of nitrogen functional groups attached to an aromatic ring is 1. The molecule has 0 atom stereocenters. The minimum absolute atomic E-state index is 0.136. The molecule has 108 valence electrons. The number of anilines is 1. The highest BCUT2D eigenvalue weighted by atomic mass is 19.3. The minimum Gasteiger partial charge on any atom is -0.465 e. The zero-order valence-electron chi connectivity index (χ0n) is 10.8. The predicted molar refractivity (Wildman–Crippen MR) is 67.6 cm³/mol. The van der Waals surface area contributed by atoms with Crippen LogP contribution < -0.4 is 11.1 Å². The maximum atomic E-state index is 12.7. The van der Waals surface area contributed by atoms with Gasteiger partial charge in [-0.2, -0.15) is 0 Å². The van der Waals surface area contributed by atoms with Gasteiger partial charge >= 0.3 is 5.97 Å². The van der Waals surface area contributed by atoms with E-state index in [0.29, 0.717) is 0 Å². The average molecular weight is 284 g/mol. The summed E-state index contributed by atoms with van der Waals surface area (Å²) in [5.74, 6) is -3.87. The van der Waals surface area contributed by atoms with Gasteiger partial charge in [0.25, 0.3) is 11.8 Å². The second-order valence-corrected chi connectivity index (χ2v) is 4.77. The van der Waals surface area contributed by atoms with Gasteiger partial charge in [-0.25, -0.2) is 13.6 Å². The van der Waals surface area contributed by atoms with E-state index in [2.05, 4.69) is 10.1 Å². The highest BCUT2D eigenvalue weighted by molar-refractivity contribution is 5.99. The molecule has 0 saturated heterocycles. The molecule has 1 aliphatic carbocycles. The number of carbonyl (C=O) groups excluding carboxylic acids is 2. The first-order valence-electron chi connectivity index (χ1n) is 5.98. The SMILES string of the molecule is COC(=O)c1cc(N)cc(C(=O)NC2CC(F)(F)C2)c1. The number of rotatable bonds is 3. The molecule has 0 unspecified atom stereocenters. The third kappa shape index (κ3) is 3.04. The molecule has 0 bridgehead atoms. The molecule has 0 radical (unpaired) electrons. The Hall–Kier alpha value is -2.18. The first kappa shape index (κ1) is 14.2.